The molecule has 1 heterocycles. The number of halogens is 1. The smallest absolute Gasteiger partial charge is 0.251 e. The highest BCUT2D eigenvalue weighted by molar-refractivity contribution is 14.0. The molecule has 0 unspecified atom stereocenters. The summed E-state index contributed by atoms with van der Waals surface area (Å²) >= 11 is 0. The zero-order chi connectivity index (χ0) is 17.4. The predicted molar refractivity (Wildman–Crippen MR) is 110 cm³/mol. The van der Waals surface area contributed by atoms with Crippen molar-refractivity contribution in [3.63, 3.8) is 0 Å². The summed E-state index contributed by atoms with van der Waals surface area (Å²) in [7, 11) is 3.81. The molecule has 0 atom stereocenters. The maximum atomic E-state index is 12.2. The minimum Gasteiger partial charge on any atom is -0.351 e. The van der Waals surface area contributed by atoms with Crippen molar-refractivity contribution in [2.24, 2.45) is 5.18 Å². The van der Waals surface area contributed by atoms with Crippen LogP contribution in [0.1, 0.15) is 5.56 Å². The molecule has 1 aliphatic heterocycles. The number of nitrogens with zero attached hydrogens (tertiary/aromatic N) is 3. The first-order chi connectivity index (χ1) is 11.6. The highest BCUT2D eigenvalue weighted by Crippen LogP contribution is 2.15. The minimum absolute atomic E-state index is 0. The number of carbonyl (C=O) groups excluding carboxylic acids is 1. The number of nitroso groups, excluding NO2 is 1. The summed E-state index contributed by atoms with van der Waals surface area (Å²) in [5.74, 6) is -0.163. The van der Waals surface area contributed by atoms with Crippen LogP contribution in [0.3, 0.4) is 0 Å². The van der Waals surface area contributed by atoms with E-state index in [9.17, 15) is 9.70 Å². The summed E-state index contributed by atoms with van der Waals surface area (Å²) in [6.45, 7) is 2.13. The number of benzene rings is 1. The molecule has 1 N–H and O–H groups in total. The Balaban J connectivity index is 0.00000312. The van der Waals surface area contributed by atoms with Crippen LogP contribution in [0.15, 0.2) is 71.3 Å². The van der Waals surface area contributed by atoms with Crippen LogP contribution in [0, 0.1) is 4.91 Å². The van der Waals surface area contributed by atoms with Gasteiger partial charge >= 0.3 is 0 Å². The lowest BCUT2D eigenvalue weighted by Gasteiger charge is -2.20. The van der Waals surface area contributed by atoms with Crippen LogP contribution in [-0.2, 0) is 11.3 Å². The summed E-state index contributed by atoms with van der Waals surface area (Å²) in [6, 6.07) is 10.2. The zero-order valence-corrected chi connectivity index (χ0v) is 16.7. The fourth-order valence-electron chi connectivity index (χ4n) is 2.35. The molecule has 1 amide bonds. The predicted octanol–water partition coefficient (Wildman–Crippen LogP) is 2.85. The SMILES string of the molecule is CN(CCNC(=O)C1=CC(=CN=O)N(C)C=C1)Cc1ccccc1.I. The first kappa shape index (κ1) is 21.0. The summed E-state index contributed by atoms with van der Waals surface area (Å²) < 4.78 is 0. The van der Waals surface area contributed by atoms with Gasteiger partial charge < -0.3 is 15.1 Å². The monoisotopic (exact) mass is 454 g/mol. The van der Waals surface area contributed by atoms with Gasteiger partial charge in [0.25, 0.3) is 5.91 Å². The number of amides is 1. The second kappa shape index (κ2) is 10.8. The molecule has 1 aliphatic rings. The van der Waals surface area contributed by atoms with E-state index in [1.807, 2.05) is 25.2 Å². The average molecular weight is 454 g/mol. The number of carbonyl (C=O) groups is 1. The van der Waals surface area contributed by atoms with E-state index >= 15 is 0 Å². The molecule has 0 fully saturated rings. The van der Waals surface area contributed by atoms with Crippen LogP contribution >= 0.6 is 24.0 Å². The molecule has 1 aromatic rings. The van der Waals surface area contributed by atoms with Gasteiger partial charge in [-0.3, -0.25) is 4.79 Å². The molecule has 0 spiro atoms. The van der Waals surface area contributed by atoms with Gasteiger partial charge in [-0.1, -0.05) is 30.3 Å². The third-order valence-corrected chi connectivity index (χ3v) is 3.71. The van der Waals surface area contributed by atoms with Gasteiger partial charge in [-0.2, -0.15) is 0 Å². The summed E-state index contributed by atoms with van der Waals surface area (Å²) in [5, 5.41) is 5.65. The van der Waals surface area contributed by atoms with E-state index in [2.05, 4.69) is 27.5 Å². The largest absolute Gasteiger partial charge is 0.351 e. The van der Waals surface area contributed by atoms with Crippen LogP contribution in [0.4, 0.5) is 0 Å². The van der Waals surface area contributed by atoms with E-state index < -0.39 is 0 Å². The van der Waals surface area contributed by atoms with E-state index in [1.54, 1.807) is 30.3 Å². The van der Waals surface area contributed by atoms with Crippen molar-refractivity contribution >= 4 is 29.9 Å². The Morgan fingerprint density at radius 1 is 1.32 bits per heavy atom. The Labute approximate surface area is 165 Å². The van der Waals surface area contributed by atoms with Crippen LogP contribution in [0.5, 0.6) is 0 Å². The summed E-state index contributed by atoms with van der Waals surface area (Å²) in [5.41, 5.74) is 2.33. The molecule has 134 valence electrons. The lowest BCUT2D eigenvalue weighted by Crippen LogP contribution is -2.33. The van der Waals surface area contributed by atoms with Crippen LogP contribution in [0.2, 0.25) is 0 Å². The van der Waals surface area contributed by atoms with Gasteiger partial charge in [0.05, 0.1) is 11.9 Å². The first-order valence-corrected chi connectivity index (χ1v) is 7.76. The maximum Gasteiger partial charge on any atom is 0.251 e. The van der Waals surface area contributed by atoms with Crippen LogP contribution in [0.25, 0.3) is 0 Å². The molecule has 25 heavy (non-hydrogen) atoms. The molecule has 0 aliphatic carbocycles. The van der Waals surface area contributed by atoms with E-state index in [4.69, 9.17) is 0 Å². The second-order valence-corrected chi connectivity index (χ2v) is 5.66. The van der Waals surface area contributed by atoms with Crippen molar-refractivity contribution in [2.45, 2.75) is 6.54 Å². The number of hydrogen-bond acceptors (Lipinski definition) is 5. The lowest BCUT2D eigenvalue weighted by atomic mass is 10.1. The number of rotatable bonds is 7. The normalized spacial score (nSPS) is 14.9. The molecular formula is C18H23IN4O2. The molecule has 0 aromatic heterocycles. The molecule has 7 heteroatoms. The van der Waals surface area contributed by atoms with E-state index in [1.165, 1.54) is 11.8 Å². The quantitative estimate of drug-likeness (QED) is 0.509. The van der Waals surface area contributed by atoms with Crippen molar-refractivity contribution in [3.8, 4) is 0 Å². The molecule has 6 nitrogen and oxygen atoms in total. The Kier molecular flexibility index (Phi) is 9.07. The second-order valence-electron chi connectivity index (χ2n) is 5.66. The number of allylic oxidation sites excluding steroid dienone is 1. The molecular weight excluding hydrogens is 431 g/mol. The molecule has 0 saturated heterocycles. The first-order valence-electron chi connectivity index (χ1n) is 7.76. The zero-order valence-electron chi connectivity index (χ0n) is 14.4. The van der Waals surface area contributed by atoms with Crippen molar-refractivity contribution in [3.05, 3.63) is 76.6 Å². The molecule has 2 rings (SSSR count). The Morgan fingerprint density at radius 3 is 2.72 bits per heavy atom. The van der Waals surface area contributed by atoms with Crippen molar-refractivity contribution in [1.29, 1.82) is 0 Å². The summed E-state index contributed by atoms with van der Waals surface area (Å²) in [6.07, 6.45) is 6.27. The number of likely N-dealkylation sites (N-methyl/N-ethyl adjacent to an activating group) is 2. The van der Waals surface area contributed by atoms with Crippen LogP contribution in [-0.4, -0.2) is 42.9 Å². The third kappa shape index (κ3) is 6.79. The van der Waals surface area contributed by atoms with Crippen molar-refractivity contribution in [2.75, 3.05) is 27.2 Å². The highest BCUT2D eigenvalue weighted by atomic mass is 127. The minimum atomic E-state index is -0.163. The van der Waals surface area contributed by atoms with E-state index in [-0.39, 0.29) is 29.9 Å². The molecule has 0 bridgehead atoms. The standard InChI is InChI=1S/C18H22N4O2.HI/c1-21(14-15-6-4-3-5-7-15)11-9-19-18(23)16-8-10-22(2)17(12-16)13-20-24;/h3-8,10,12-13H,9,11,14H2,1-2H3,(H,19,23);1H. The fourth-order valence-corrected chi connectivity index (χ4v) is 2.35. The number of hydrogen-bond donors (Lipinski definition) is 1. The van der Waals surface area contributed by atoms with E-state index in [0.717, 1.165) is 13.1 Å². The average Bonchev–Trinajstić information content (AvgIpc) is 2.58. The van der Waals surface area contributed by atoms with Gasteiger partial charge in [0, 0.05) is 38.5 Å². The Hall–Kier alpha value is -2.00. The lowest BCUT2D eigenvalue weighted by molar-refractivity contribution is -0.117. The maximum absolute atomic E-state index is 12.2. The van der Waals surface area contributed by atoms with Crippen LogP contribution < -0.4 is 5.32 Å². The number of nitrogens with one attached hydrogen (secondary N) is 1. The molecule has 0 saturated carbocycles. The topological polar surface area (TPSA) is 65.0 Å². The van der Waals surface area contributed by atoms with Gasteiger partial charge in [-0.15, -0.1) is 28.9 Å². The Bertz CT molecular complexity index is 671. The fraction of sp³-hybridized carbons (Fsp3) is 0.278. The van der Waals surface area contributed by atoms with Crippen molar-refractivity contribution in [1.82, 2.24) is 15.1 Å². The van der Waals surface area contributed by atoms with Gasteiger partial charge in [-0.25, -0.2) is 0 Å². The van der Waals surface area contributed by atoms with Crippen molar-refractivity contribution < 1.29 is 4.79 Å². The highest BCUT2D eigenvalue weighted by Gasteiger charge is 2.13. The third-order valence-electron chi connectivity index (χ3n) is 3.71. The van der Waals surface area contributed by atoms with Gasteiger partial charge in [-0.05, 0) is 29.9 Å². The Morgan fingerprint density at radius 2 is 2.04 bits per heavy atom. The summed E-state index contributed by atoms with van der Waals surface area (Å²) in [4.78, 5) is 26.4. The molecule has 1 aromatic carbocycles. The van der Waals surface area contributed by atoms with E-state index in [0.29, 0.717) is 17.8 Å². The van der Waals surface area contributed by atoms with Gasteiger partial charge in [0.15, 0.2) is 0 Å². The van der Waals surface area contributed by atoms with Gasteiger partial charge in [0.2, 0.25) is 0 Å². The van der Waals surface area contributed by atoms with Gasteiger partial charge in [0.1, 0.15) is 0 Å². The molecule has 0 radical (unpaired) electrons.